The summed E-state index contributed by atoms with van der Waals surface area (Å²) in [5.41, 5.74) is 1.55. The first-order valence-corrected chi connectivity index (χ1v) is 5.24. The summed E-state index contributed by atoms with van der Waals surface area (Å²) in [5.74, 6) is 2.80. The molecule has 1 nitrogen and oxygen atoms in total. The van der Waals surface area contributed by atoms with Crippen molar-refractivity contribution in [1.82, 2.24) is 5.32 Å². The third-order valence-electron chi connectivity index (χ3n) is 2.50. The fraction of sp³-hybridized carbons (Fsp3) is 0.667. The topological polar surface area (TPSA) is 12.0 Å². The van der Waals surface area contributed by atoms with Gasteiger partial charge in [-0.2, -0.15) is 0 Å². The first-order valence-electron chi connectivity index (χ1n) is 5.24. The van der Waals surface area contributed by atoms with Gasteiger partial charge in [-0.1, -0.05) is 24.5 Å². The van der Waals surface area contributed by atoms with Gasteiger partial charge in [-0.15, -0.1) is 6.42 Å². The van der Waals surface area contributed by atoms with Gasteiger partial charge in [0.05, 0.1) is 6.04 Å². The molecule has 1 rings (SSSR count). The van der Waals surface area contributed by atoms with E-state index >= 15 is 0 Å². The second-order valence-corrected chi connectivity index (χ2v) is 3.59. The molecule has 0 aromatic heterocycles. The Morgan fingerprint density at radius 3 is 3.00 bits per heavy atom. The number of hydrogen-bond acceptors (Lipinski definition) is 1. The number of nitrogens with one attached hydrogen (secondary N) is 1. The Labute approximate surface area is 81.6 Å². The highest BCUT2D eigenvalue weighted by Crippen LogP contribution is 2.20. The molecule has 1 unspecified atom stereocenters. The van der Waals surface area contributed by atoms with Crippen LogP contribution in [0.1, 0.15) is 39.0 Å². The first kappa shape index (κ1) is 10.3. The van der Waals surface area contributed by atoms with E-state index in [0.29, 0.717) is 0 Å². The minimum atomic E-state index is 0.245. The third-order valence-corrected chi connectivity index (χ3v) is 2.50. The maximum Gasteiger partial charge on any atom is 0.0724 e. The smallest absolute Gasteiger partial charge is 0.0724 e. The van der Waals surface area contributed by atoms with E-state index < -0.39 is 0 Å². The van der Waals surface area contributed by atoms with Crippen LogP contribution >= 0.6 is 0 Å². The molecule has 0 aromatic rings. The van der Waals surface area contributed by atoms with Gasteiger partial charge in [-0.05, 0) is 38.6 Å². The summed E-state index contributed by atoms with van der Waals surface area (Å²) in [6.45, 7) is 3.06. The van der Waals surface area contributed by atoms with E-state index in [1.807, 2.05) is 0 Å². The Morgan fingerprint density at radius 1 is 1.62 bits per heavy atom. The number of terminal acetylenes is 1. The Balaban J connectivity index is 2.36. The lowest BCUT2D eigenvalue weighted by atomic mass is 9.94. The molecule has 0 fully saturated rings. The standard InChI is InChI=1S/C12H19N/c1-3-12(13-4-2)10-11-8-6-5-7-9-11/h1,8,12-13H,4-7,9-10H2,2H3. The molecular weight excluding hydrogens is 158 g/mol. The Hall–Kier alpha value is -0.740. The molecule has 0 amide bonds. The number of allylic oxidation sites excluding steroid dienone is 1. The van der Waals surface area contributed by atoms with Gasteiger partial charge in [-0.25, -0.2) is 0 Å². The second-order valence-electron chi connectivity index (χ2n) is 3.59. The van der Waals surface area contributed by atoms with E-state index in [2.05, 4.69) is 24.2 Å². The van der Waals surface area contributed by atoms with Crippen molar-refractivity contribution in [2.75, 3.05) is 6.54 Å². The molecule has 1 aliphatic rings. The highest BCUT2D eigenvalue weighted by Gasteiger charge is 2.08. The first-order chi connectivity index (χ1) is 6.36. The monoisotopic (exact) mass is 177 g/mol. The van der Waals surface area contributed by atoms with E-state index in [-0.39, 0.29) is 6.04 Å². The van der Waals surface area contributed by atoms with E-state index in [1.165, 1.54) is 25.7 Å². The van der Waals surface area contributed by atoms with Crippen LogP contribution in [0.4, 0.5) is 0 Å². The summed E-state index contributed by atoms with van der Waals surface area (Å²) < 4.78 is 0. The highest BCUT2D eigenvalue weighted by molar-refractivity contribution is 5.12. The molecule has 1 heteroatoms. The van der Waals surface area contributed by atoms with Gasteiger partial charge in [0.2, 0.25) is 0 Å². The molecular formula is C12H19N. The van der Waals surface area contributed by atoms with Crippen molar-refractivity contribution in [3.05, 3.63) is 11.6 Å². The van der Waals surface area contributed by atoms with Crippen molar-refractivity contribution in [1.29, 1.82) is 0 Å². The molecule has 0 saturated carbocycles. The van der Waals surface area contributed by atoms with Crippen molar-refractivity contribution < 1.29 is 0 Å². The highest BCUT2D eigenvalue weighted by atomic mass is 14.9. The largest absolute Gasteiger partial charge is 0.304 e. The van der Waals surface area contributed by atoms with Crippen LogP contribution in [0, 0.1) is 12.3 Å². The predicted molar refractivity (Wildman–Crippen MR) is 57.5 cm³/mol. The van der Waals surface area contributed by atoms with Gasteiger partial charge in [0.1, 0.15) is 0 Å². The molecule has 1 atom stereocenters. The van der Waals surface area contributed by atoms with Crippen LogP contribution in [0.3, 0.4) is 0 Å². The SMILES string of the molecule is C#CC(CC1=CCCCC1)NCC. The molecule has 0 aliphatic heterocycles. The lowest BCUT2D eigenvalue weighted by molar-refractivity contribution is 0.590. The van der Waals surface area contributed by atoms with Gasteiger partial charge in [-0.3, -0.25) is 0 Å². The summed E-state index contributed by atoms with van der Waals surface area (Å²) >= 11 is 0. The van der Waals surface area contributed by atoms with Crippen LogP contribution in [0.2, 0.25) is 0 Å². The molecule has 0 radical (unpaired) electrons. The molecule has 13 heavy (non-hydrogen) atoms. The van der Waals surface area contributed by atoms with Crippen molar-refractivity contribution >= 4 is 0 Å². The molecule has 1 aliphatic carbocycles. The van der Waals surface area contributed by atoms with Crippen LogP contribution in [0.5, 0.6) is 0 Å². The average molecular weight is 177 g/mol. The van der Waals surface area contributed by atoms with E-state index in [1.54, 1.807) is 5.57 Å². The average Bonchev–Trinajstić information content (AvgIpc) is 2.19. The van der Waals surface area contributed by atoms with Crippen molar-refractivity contribution in [2.24, 2.45) is 0 Å². The van der Waals surface area contributed by atoms with Gasteiger partial charge in [0, 0.05) is 0 Å². The molecule has 0 heterocycles. The van der Waals surface area contributed by atoms with Gasteiger partial charge in [0.15, 0.2) is 0 Å². The maximum absolute atomic E-state index is 5.44. The Bertz CT molecular complexity index is 210. The lowest BCUT2D eigenvalue weighted by Gasteiger charge is -2.17. The van der Waals surface area contributed by atoms with Crippen molar-refractivity contribution in [3.63, 3.8) is 0 Å². The van der Waals surface area contributed by atoms with Crippen molar-refractivity contribution in [2.45, 2.75) is 45.1 Å². The van der Waals surface area contributed by atoms with Crippen LogP contribution in [-0.4, -0.2) is 12.6 Å². The quantitative estimate of drug-likeness (QED) is 0.514. The second kappa shape index (κ2) is 5.83. The van der Waals surface area contributed by atoms with E-state index in [0.717, 1.165) is 13.0 Å². The van der Waals surface area contributed by atoms with Crippen LogP contribution in [-0.2, 0) is 0 Å². The number of hydrogen-bond donors (Lipinski definition) is 1. The summed E-state index contributed by atoms with van der Waals surface area (Å²) in [4.78, 5) is 0. The fourth-order valence-electron chi connectivity index (χ4n) is 1.79. The van der Waals surface area contributed by atoms with Gasteiger partial charge < -0.3 is 5.32 Å². The maximum atomic E-state index is 5.44. The zero-order valence-corrected chi connectivity index (χ0v) is 8.47. The predicted octanol–water partition coefficient (Wildman–Crippen LogP) is 2.49. The molecule has 0 saturated heterocycles. The van der Waals surface area contributed by atoms with Gasteiger partial charge >= 0.3 is 0 Å². The summed E-state index contributed by atoms with van der Waals surface area (Å²) in [5, 5.41) is 3.30. The molecule has 0 spiro atoms. The van der Waals surface area contributed by atoms with E-state index in [4.69, 9.17) is 6.42 Å². The molecule has 1 N–H and O–H groups in total. The Morgan fingerprint density at radius 2 is 2.46 bits per heavy atom. The summed E-state index contributed by atoms with van der Waals surface area (Å²) in [6.07, 6.45) is 14.0. The van der Waals surface area contributed by atoms with Crippen molar-refractivity contribution in [3.8, 4) is 12.3 Å². The third kappa shape index (κ3) is 3.65. The Kier molecular flexibility index (Phi) is 4.64. The van der Waals surface area contributed by atoms with Gasteiger partial charge in [0.25, 0.3) is 0 Å². The summed E-state index contributed by atoms with van der Waals surface area (Å²) in [6, 6.07) is 0.245. The fourth-order valence-corrected chi connectivity index (χ4v) is 1.79. The van der Waals surface area contributed by atoms with Crippen LogP contribution in [0.25, 0.3) is 0 Å². The zero-order valence-electron chi connectivity index (χ0n) is 8.47. The van der Waals surface area contributed by atoms with E-state index in [9.17, 15) is 0 Å². The van der Waals surface area contributed by atoms with Crippen LogP contribution < -0.4 is 5.32 Å². The minimum Gasteiger partial charge on any atom is -0.304 e. The number of rotatable bonds is 4. The summed E-state index contributed by atoms with van der Waals surface area (Å²) in [7, 11) is 0. The normalized spacial score (nSPS) is 18.9. The molecule has 0 aromatic carbocycles. The minimum absolute atomic E-state index is 0.245. The van der Waals surface area contributed by atoms with Crippen LogP contribution in [0.15, 0.2) is 11.6 Å². The molecule has 72 valence electrons. The zero-order chi connectivity index (χ0) is 9.52. The lowest BCUT2D eigenvalue weighted by Crippen LogP contribution is -2.27. The molecule has 0 bridgehead atoms.